The maximum absolute atomic E-state index is 11.6. The van der Waals surface area contributed by atoms with Gasteiger partial charge in [0.05, 0.1) is 6.61 Å². The van der Waals surface area contributed by atoms with Crippen molar-refractivity contribution in [2.75, 3.05) is 13.2 Å². The van der Waals surface area contributed by atoms with E-state index in [1.54, 1.807) is 0 Å². The lowest BCUT2D eigenvalue weighted by Gasteiger charge is -2.08. The van der Waals surface area contributed by atoms with Crippen LogP contribution in [0.2, 0.25) is 0 Å². The first kappa shape index (κ1) is 25.4. The summed E-state index contributed by atoms with van der Waals surface area (Å²) in [5.41, 5.74) is 0. The predicted molar refractivity (Wildman–Crippen MR) is 111 cm³/mol. The highest BCUT2D eigenvalue weighted by Gasteiger charge is 2.35. The summed E-state index contributed by atoms with van der Waals surface area (Å²) < 4.78 is 25.4. The molecule has 0 aromatic rings. The van der Waals surface area contributed by atoms with Gasteiger partial charge in [-0.2, -0.15) is 0 Å². The number of hydrogen-bond donors (Lipinski definition) is 1. The fourth-order valence-electron chi connectivity index (χ4n) is 3.10. The molecule has 1 fully saturated rings. The smallest absolute Gasteiger partial charge is 0.463 e. The molecule has 6 nitrogen and oxygen atoms in total. The van der Waals surface area contributed by atoms with Gasteiger partial charge < -0.3 is 9.63 Å². The maximum atomic E-state index is 11.6. The van der Waals surface area contributed by atoms with Gasteiger partial charge in [0.15, 0.2) is 0 Å². The van der Waals surface area contributed by atoms with Crippen molar-refractivity contribution < 1.29 is 28.0 Å². The largest absolute Gasteiger partial charge is 0.472 e. The summed E-state index contributed by atoms with van der Waals surface area (Å²) in [5, 5.41) is 0. The quantitative estimate of drug-likeness (QED) is 0.133. The monoisotopic (exact) mass is 418 g/mol. The van der Waals surface area contributed by atoms with E-state index in [1.165, 1.54) is 64.2 Å². The number of carbonyl (C=O) groups is 1. The highest BCUT2D eigenvalue weighted by molar-refractivity contribution is 7.47. The van der Waals surface area contributed by atoms with Gasteiger partial charge in [-0.25, -0.2) is 4.57 Å². The highest BCUT2D eigenvalue weighted by Crippen LogP contribution is 2.49. The zero-order chi connectivity index (χ0) is 20.5. The highest BCUT2D eigenvalue weighted by atomic mass is 31.2. The van der Waals surface area contributed by atoms with Gasteiger partial charge >= 0.3 is 13.8 Å². The average molecular weight is 419 g/mol. The molecule has 7 heteroatoms. The lowest BCUT2D eigenvalue weighted by molar-refractivity contribution is -0.146. The first-order chi connectivity index (χ1) is 13.5. The standard InChI is InChI=1S/C21H39O6P/c1-2-3-4-5-6-7-8-9-10-11-12-13-14-15-16-17-21(22)25-18-20-19-26-28(23,24)27-20/h7-8,20H,2-6,9-19H2,1H3,(H,23,24)/b8-7-. The Kier molecular flexibility index (Phi) is 14.6. The maximum Gasteiger partial charge on any atom is 0.472 e. The number of unbranched alkanes of at least 4 members (excludes halogenated alkanes) is 11. The molecule has 164 valence electrons. The van der Waals surface area contributed by atoms with E-state index in [-0.39, 0.29) is 19.2 Å². The van der Waals surface area contributed by atoms with Gasteiger partial charge in [0, 0.05) is 6.42 Å². The van der Waals surface area contributed by atoms with Crippen LogP contribution in [0.4, 0.5) is 0 Å². The second-order valence-corrected chi connectivity index (χ2v) is 8.92. The van der Waals surface area contributed by atoms with Crippen molar-refractivity contribution in [2.24, 2.45) is 0 Å². The number of hydrogen-bond acceptors (Lipinski definition) is 5. The minimum Gasteiger partial charge on any atom is -0.463 e. The molecule has 0 aromatic carbocycles. The average Bonchev–Trinajstić information content (AvgIpc) is 3.02. The second-order valence-electron chi connectivity index (χ2n) is 7.51. The molecule has 1 saturated heterocycles. The Bertz CT molecular complexity index is 480. The molecule has 2 unspecified atom stereocenters. The van der Waals surface area contributed by atoms with Crippen LogP contribution in [0.1, 0.15) is 96.8 Å². The van der Waals surface area contributed by atoms with E-state index in [2.05, 4.69) is 23.6 Å². The minimum atomic E-state index is -3.91. The molecule has 0 aromatic heterocycles. The third-order valence-corrected chi connectivity index (χ3v) is 5.82. The fraction of sp³-hybridized carbons (Fsp3) is 0.857. The van der Waals surface area contributed by atoms with Crippen molar-refractivity contribution in [3.8, 4) is 0 Å². The van der Waals surface area contributed by atoms with E-state index in [1.807, 2.05) is 0 Å². The number of allylic oxidation sites excluding steroid dienone is 2. The molecule has 0 spiro atoms. The lowest BCUT2D eigenvalue weighted by Crippen LogP contribution is -2.20. The molecule has 0 aliphatic carbocycles. The zero-order valence-corrected chi connectivity index (χ0v) is 18.4. The molecule has 0 amide bonds. The van der Waals surface area contributed by atoms with Crippen molar-refractivity contribution in [1.82, 2.24) is 0 Å². The first-order valence-electron chi connectivity index (χ1n) is 11.0. The van der Waals surface area contributed by atoms with E-state index >= 15 is 0 Å². The molecule has 2 atom stereocenters. The van der Waals surface area contributed by atoms with Gasteiger partial charge in [0.1, 0.15) is 12.7 Å². The zero-order valence-electron chi connectivity index (χ0n) is 17.5. The van der Waals surface area contributed by atoms with Gasteiger partial charge in [-0.05, 0) is 32.1 Å². The van der Waals surface area contributed by atoms with Crippen LogP contribution in [0, 0.1) is 0 Å². The van der Waals surface area contributed by atoms with Gasteiger partial charge in [-0.1, -0.05) is 70.4 Å². The van der Waals surface area contributed by atoms with Crippen LogP contribution in [0.5, 0.6) is 0 Å². The molecule has 1 heterocycles. The molecule has 0 radical (unpaired) electrons. The summed E-state index contributed by atoms with van der Waals surface area (Å²) >= 11 is 0. The fourth-order valence-corrected chi connectivity index (χ4v) is 4.02. The Morgan fingerprint density at radius 3 is 2.14 bits per heavy atom. The van der Waals surface area contributed by atoms with Gasteiger partial charge in [0.25, 0.3) is 0 Å². The molecule has 1 rings (SSSR count). The third-order valence-electron chi connectivity index (χ3n) is 4.78. The summed E-state index contributed by atoms with van der Waals surface area (Å²) in [6, 6.07) is 0. The number of ether oxygens (including phenoxy) is 1. The number of phosphoric acid groups is 1. The number of esters is 1. The van der Waals surface area contributed by atoms with Gasteiger partial charge in [-0.3, -0.25) is 13.8 Å². The van der Waals surface area contributed by atoms with Crippen LogP contribution in [-0.4, -0.2) is 30.2 Å². The van der Waals surface area contributed by atoms with E-state index in [9.17, 15) is 9.36 Å². The van der Waals surface area contributed by atoms with Gasteiger partial charge in [0.2, 0.25) is 0 Å². The topological polar surface area (TPSA) is 82.1 Å². The van der Waals surface area contributed by atoms with Crippen molar-refractivity contribution >= 4 is 13.8 Å². The Balaban J connectivity index is 1.80. The summed E-state index contributed by atoms with van der Waals surface area (Å²) in [5.74, 6) is -0.287. The van der Waals surface area contributed by atoms with Gasteiger partial charge in [-0.15, -0.1) is 0 Å². The number of phosphoric ester groups is 1. The molecule has 0 bridgehead atoms. The van der Waals surface area contributed by atoms with E-state index in [0.29, 0.717) is 6.42 Å². The van der Waals surface area contributed by atoms with E-state index in [0.717, 1.165) is 19.3 Å². The lowest BCUT2D eigenvalue weighted by atomic mass is 10.1. The molecule has 1 aliphatic heterocycles. The van der Waals surface area contributed by atoms with Crippen LogP contribution in [0.3, 0.4) is 0 Å². The summed E-state index contributed by atoms with van der Waals surface area (Å²) in [6.45, 7) is 2.19. The van der Waals surface area contributed by atoms with Crippen LogP contribution < -0.4 is 0 Å². The summed E-state index contributed by atoms with van der Waals surface area (Å²) in [4.78, 5) is 20.7. The molecular weight excluding hydrogens is 379 g/mol. The molecule has 1 N–H and O–H groups in total. The Morgan fingerprint density at radius 2 is 1.57 bits per heavy atom. The SMILES string of the molecule is CCCCCC/C=C\CCCCCCCCCC(=O)OCC1COP(=O)(O)O1. The first-order valence-corrected chi connectivity index (χ1v) is 12.5. The van der Waals surface area contributed by atoms with Crippen molar-refractivity contribution in [3.63, 3.8) is 0 Å². The summed E-state index contributed by atoms with van der Waals surface area (Å²) in [6.07, 6.45) is 20.2. The molecular formula is C21H39O6P. The van der Waals surface area contributed by atoms with Crippen LogP contribution in [0.25, 0.3) is 0 Å². The Hall–Kier alpha value is -0.680. The van der Waals surface area contributed by atoms with Crippen molar-refractivity contribution in [3.05, 3.63) is 12.2 Å². The Morgan fingerprint density at radius 1 is 1.00 bits per heavy atom. The van der Waals surface area contributed by atoms with Crippen molar-refractivity contribution in [1.29, 1.82) is 0 Å². The Labute approximate surface area is 170 Å². The third kappa shape index (κ3) is 14.3. The van der Waals surface area contributed by atoms with Crippen LogP contribution in [-0.2, 0) is 23.1 Å². The minimum absolute atomic E-state index is 0.0180. The van der Waals surface area contributed by atoms with E-state index in [4.69, 9.17) is 14.2 Å². The molecule has 28 heavy (non-hydrogen) atoms. The second kappa shape index (κ2) is 16.2. The van der Waals surface area contributed by atoms with E-state index < -0.39 is 13.9 Å². The molecule has 1 aliphatic rings. The van der Waals surface area contributed by atoms with Crippen LogP contribution >= 0.6 is 7.82 Å². The molecule has 0 saturated carbocycles. The number of rotatable bonds is 17. The van der Waals surface area contributed by atoms with Crippen LogP contribution in [0.15, 0.2) is 12.2 Å². The normalized spacial score (nSPS) is 22.1. The summed E-state index contributed by atoms with van der Waals surface area (Å²) in [7, 11) is -3.91. The number of carbonyl (C=O) groups excluding carboxylic acids is 1. The predicted octanol–water partition coefficient (Wildman–Crippen LogP) is 6.08. The van der Waals surface area contributed by atoms with Crippen molar-refractivity contribution in [2.45, 2.75) is 103 Å².